The highest BCUT2D eigenvalue weighted by Crippen LogP contribution is 2.18. The van der Waals surface area contributed by atoms with Crippen LogP contribution in [0.3, 0.4) is 0 Å². The van der Waals surface area contributed by atoms with Crippen molar-refractivity contribution in [2.75, 3.05) is 6.54 Å². The maximum absolute atomic E-state index is 13.6. The number of carbonyl (C=O) groups is 2. The van der Waals surface area contributed by atoms with E-state index in [0.29, 0.717) is 28.9 Å². The lowest BCUT2D eigenvalue weighted by Crippen LogP contribution is -2.33. The molecule has 1 heterocycles. The van der Waals surface area contributed by atoms with Crippen LogP contribution in [0.25, 0.3) is 5.69 Å². The molecule has 1 aromatic heterocycles. The average Bonchev–Trinajstić information content (AvgIpc) is 2.97. The van der Waals surface area contributed by atoms with Crippen LogP contribution in [0.5, 0.6) is 0 Å². The molecule has 2 aromatic carbocycles. The van der Waals surface area contributed by atoms with Crippen molar-refractivity contribution in [1.29, 1.82) is 0 Å². The van der Waals surface area contributed by atoms with E-state index in [9.17, 15) is 14.0 Å². The Morgan fingerprint density at radius 1 is 1.04 bits per heavy atom. The summed E-state index contributed by atoms with van der Waals surface area (Å²) in [6.45, 7) is 3.63. The van der Waals surface area contributed by atoms with Crippen molar-refractivity contribution in [3.63, 3.8) is 0 Å². The molecule has 138 valence electrons. The number of amides is 1. The van der Waals surface area contributed by atoms with Gasteiger partial charge < -0.3 is 5.32 Å². The van der Waals surface area contributed by atoms with Crippen LogP contribution in [0.4, 0.5) is 4.39 Å². The van der Waals surface area contributed by atoms with Gasteiger partial charge in [0.1, 0.15) is 5.82 Å². The molecule has 0 radical (unpaired) electrons. The Balaban J connectivity index is 1.71. The summed E-state index contributed by atoms with van der Waals surface area (Å²) in [4.78, 5) is 24.9. The van der Waals surface area contributed by atoms with Crippen LogP contribution in [-0.2, 0) is 11.2 Å². The van der Waals surface area contributed by atoms with Gasteiger partial charge in [-0.3, -0.25) is 9.59 Å². The number of halogens is 1. The second kappa shape index (κ2) is 7.95. The van der Waals surface area contributed by atoms with Crippen LogP contribution >= 0.6 is 0 Å². The summed E-state index contributed by atoms with van der Waals surface area (Å²) in [7, 11) is 0. The fourth-order valence-electron chi connectivity index (χ4n) is 3.00. The number of aromatic nitrogens is 2. The molecule has 0 saturated carbocycles. The van der Waals surface area contributed by atoms with Gasteiger partial charge in [0, 0.05) is 6.54 Å². The lowest BCUT2D eigenvalue weighted by Gasteiger charge is -2.07. The Morgan fingerprint density at radius 2 is 1.70 bits per heavy atom. The molecule has 0 unspecified atom stereocenters. The normalized spacial score (nSPS) is 10.6. The summed E-state index contributed by atoms with van der Waals surface area (Å²) in [5.74, 6) is -1.68. The predicted octanol–water partition coefficient (Wildman–Crippen LogP) is 3.17. The average molecular weight is 365 g/mol. The molecule has 0 aliphatic heterocycles. The van der Waals surface area contributed by atoms with Crippen LogP contribution in [0, 0.1) is 19.7 Å². The highest BCUT2D eigenvalue weighted by molar-refractivity contribution is 6.43. The van der Waals surface area contributed by atoms with Crippen molar-refractivity contribution in [3.05, 3.63) is 82.9 Å². The Bertz CT molecular complexity index is 980. The Hall–Kier alpha value is -3.28. The first-order valence-electron chi connectivity index (χ1n) is 8.66. The zero-order valence-electron chi connectivity index (χ0n) is 15.2. The number of aryl methyl sites for hydroxylation is 1. The molecule has 1 amide bonds. The third-order valence-electron chi connectivity index (χ3n) is 4.36. The lowest BCUT2D eigenvalue weighted by molar-refractivity contribution is -0.116. The van der Waals surface area contributed by atoms with Crippen molar-refractivity contribution in [2.24, 2.45) is 0 Å². The van der Waals surface area contributed by atoms with Crippen molar-refractivity contribution in [3.8, 4) is 5.69 Å². The highest BCUT2D eigenvalue weighted by atomic mass is 19.1. The van der Waals surface area contributed by atoms with Gasteiger partial charge in [-0.25, -0.2) is 9.07 Å². The number of carbonyl (C=O) groups excluding carboxylic acids is 2. The molecule has 6 heteroatoms. The molecular formula is C21H20FN3O2. The van der Waals surface area contributed by atoms with Gasteiger partial charge in [0.2, 0.25) is 0 Å². The van der Waals surface area contributed by atoms with Crippen LogP contribution in [0.2, 0.25) is 0 Å². The highest BCUT2D eigenvalue weighted by Gasteiger charge is 2.24. The van der Waals surface area contributed by atoms with E-state index in [2.05, 4.69) is 10.4 Å². The van der Waals surface area contributed by atoms with Crippen molar-refractivity contribution >= 4 is 11.7 Å². The predicted molar refractivity (Wildman–Crippen MR) is 100 cm³/mol. The zero-order chi connectivity index (χ0) is 19.4. The number of hydrogen-bond acceptors (Lipinski definition) is 3. The van der Waals surface area contributed by atoms with Gasteiger partial charge in [-0.05, 0) is 44.0 Å². The quantitative estimate of drug-likeness (QED) is 0.539. The Labute approximate surface area is 156 Å². The largest absolute Gasteiger partial charge is 0.349 e. The third-order valence-corrected chi connectivity index (χ3v) is 4.36. The van der Waals surface area contributed by atoms with Gasteiger partial charge in [0.05, 0.1) is 22.6 Å². The van der Waals surface area contributed by atoms with Crippen LogP contribution in [0.1, 0.15) is 27.3 Å². The summed E-state index contributed by atoms with van der Waals surface area (Å²) in [6.07, 6.45) is 0.312. The summed E-state index contributed by atoms with van der Waals surface area (Å²) in [6, 6.07) is 15.8. The van der Waals surface area contributed by atoms with E-state index in [1.807, 2.05) is 30.3 Å². The molecule has 0 aliphatic carbocycles. The van der Waals surface area contributed by atoms with Crippen molar-refractivity contribution < 1.29 is 14.0 Å². The minimum Gasteiger partial charge on any atom is -0.349 e. The first kappa shape index (κ1) is 18.5. The SMILES string of the molecule is Cc1nn(-c2ccccc2)c(C)c1C(=O)C(=O)NCCc1ccccc1F. The smallest absolute Gasteiger partial charge is 0.292 e. The molecule has 3 rings (SSSR count). The lowest BCUT2D eigenvalue weighted by atomic mass is 10.1. The molecule has 0 saturated heterocycles. The first-order chi connectivity index (χ1) is 13.0. The van der Waals surface area contributed by atoms with E-state index in [1.165, 1.54) is 6.07 Å². The van der Waals surface area contributed by atoms with E-state index in [1.54, 1.807) is 36.7 Å². The molecule has 1 N–H and O–H groups in total. The van der Waals surface area contributed by atoms with Gasteiger partial charge >= 0.3 is 0 Å². The number of para-hydroxylation sites is 1. The summed E-state index contributed by atoms with van der Waals surface area (Å²) < 4.78 is 15.3. The number of Topliss-reactive ketones (excluding diaryl/α,β-unsaturated/α-hetero) is 1. The molecule has 5 nitrogen and oxygen atoms in total. The standard InChI is InChI=1S/C21H20FN3O2/c1-14-19(15(2)25(24-14)17-9-4-3-5-10-17)20(26)21(27)23-13-12-16-8-6-7-11-18(16)22/h3-11H,12-13H2,1-2H3,(H,23,27). The van der Waals surface area contributed by atoms with Gasteiger partial charge in [-0.15, -0.1) is 0 Å². The third kappa shape index (κ3) is 3.95. The monoisotopic (exact) mass is 365 g/mol. The van der Waals surface area contributed by atoms with Crippen molar-refractivity contribution in [2.45, 2.75) is 20.3 Å². The number of nitrogens with one attached hydrogen (secondary N) is 1. The second-order valence-corrected chi connectivity index (χ2v) is 6.22. The first-order valence-corrected chi connectivity index (χ1v) is 8.66. The van der Waals surface area contributed by atoms with Crippen molar-refractivity contribution in [1.82, 2.24) is 15.1 Å². The van der Waals surface area contributed by atoms with Crippen LogP contribution in [-0.4, -0.2) is 28.0 Å². The van der Waals surface area contributed by atoms with E-state index >= 15 is 0 Å². The number of rotatable bonds is 6. The minimum atomic E-state index is -0.717. The summed E-state index contributed by atoms with van der Waals surface area (Å²) >= 11 is 0. The van der Waals surface area contributed by atoms with Gasteiger partial charge in [0.25, 0.3) is 11.7 Å². The summed E-state index contributed by atoms with van der Waals surface area (Å²) in [5.41, 5.74) is 2.70. The van der Waals surface area contributed by atoms with E-state index < -0.39 is 11.7 Å². The maximum atomic E-state index is 13.6. The van der Waals surface area contributed by atoms with Gasteiger partial charge in [-0.2, -0.15) is 5.10 Å². The molecule has 0 bridgehead atoms. The second-order valence-electron chi connectivity index (χ2n) is 6.22. The number of ketones is 1. The summed E-state index contributed by atoms with van der Waals surface area (Å²) in [5, 5.41) is 6.96. The molecule has 3 aromatic rings. The topological polar surface area (TPSA) is 64.0 Å². The molecule has 0 atom stereocenters. The Morgan fingerprint density at radius 3 is 2.41 bits per heavy atom. The maximum Gasteiger partial charge on any atom is 0.292 e. The zero-order valence-corrected chi connectivity index (χ0v) is 15.2. The van der Waals surface area contributed by atoms with Gasteiger partial charge in [-0.1, -0.05) is 36.4 Å². The van der Waals surface area contributed by atoms with E-state index in [-0.39, 0.29) is 12.4 Å². The Kier molecular flexibility index (Phi) is 5.45. The van der Waals surface area contributed by atoms with Crippen LogP contribution < -0.4 is 5.32 Å². The van der Waals surface area contributed by atoms with E-state index in [4.69, 9.17) is 0 Å². The number of hydrogen-bond donors (Lipinski definition) is 1. The molecule has 27 heavy (non-hydrogen) atoms. The molecule has 0 fully saturated rings. The minimum absolute atomic E-state index is 0.177. The fraction of sp³-hybridized carbons (Fsp3) is 0.190. The molecule has 0 aliphatic rings. The number of benzene rings is 2. The fourth-order valence-corrected chi connectivity index (χ4v) is 3.00. The van der Waals surface area contributed by atoms with Crippen LogP contribution in [0.15, 0.2) is 54.6 Å². The molecule has 0 spiro atoms. The van der Waals surface area contributed by atoms with E-state index in [0.717, 1.165) is 5.69 Å². The molecular weight excluding hydrogens is 345 g/mol. The number of nitrogens with zero attached hydrogens (tertiary/aromatic N) is 2. The van der Waals surface area contributed by atoms with Gasteiger partial charge in [0.15, 0.2) is 0 Å².